The summed E-state index contributed by atoms with van der Waals surface area (Å²) < 4.78 is 0. The van der Waals surface area contributed by atoms with Gasteiger partial charge in [-0.05, 0) is 38.1 Å². The van der Waals surface area contributed by atoms with Gasteiger partial charge in [0.15, 0.2) is 0 Å². The van der Waals surface area contributed by atoms with E-state index in [-0.39, 0.29) is 0 Å². The second kappa shape index (κ2) is 6.29. The van der Waals surface area contributed by atoms with E-state index in [0.29, 0.717) is 12.0 Å². The smallest absolute Gasteiger partial charge is 0.0607 e. The third-order valence-corrected chi connectivity index (χ3v) is 4.31. The van der Waals surface area contributed by atoms with Crippen LogP contribution in [0.1, 0.15) is 20.8 Å². The van der Waals surface area contributed by atoms with Crippen LogP contribution in [0.5, 0.6) is 0 Å². The van der Waals surface area contributed by atoms with Crippen molar-refractivity contribution < 1.29 is 0 Å². The molecule has 2 unspecified atom stereocenters. The summed E-state index contributed by atoms with van der Waals surface area (Å²) in [6, 6.07) is 9.32. The summed E-state index contributed by atoms with van der Waals surface area (Å²) >= 11 is 0. The molecule has 0 bridgehead atoms. The van der Waals surface area contributed by atoms with Crippen molar-refractivity contribution in [3.63, 3.8) is 0 Å². The number of nitrogens with one attached hydrogen (secondary N) is 1. The normalized spacial score (nSPS) is 18.1. The maximum atomic E-state index is 3.46. The Kier molecular flexibility index (Phi) is 4.70. The molecule has 1 aliphatic rings. The number of fused-ring (bicyclic) bond motifs is 1. The van der Waals surface area contributed by atoms with Gasteiger partial charge in [-0.15, -0.1) is 0 Å². The van der Waals surface area contributed by atoms with Crippen LogP contribution >= 0.6 is 0 Å². The standard InChI is InChI=1S/C16H27N3/c1-5-17-12-13(2)14(3)19-11-10-18(4)15-8-6-7-9-16(15)19/h6-9,13-14,17H,5,10-12H2,1-4H3. The molecule has 1 heterocycles. The van der Waals surface area contributed by atoms with E-state index in [1.807, 2.05) is 0 Å². The van der Waals surface area contributed by atoms with Gasteiger partial charge in [-0.25, -0.2) is 0 Å². The third kappa shape index (κ3) is 3.03. The second-order valence-electron chi connectivity index (χ2n) is 5.63. The quantitative estimate of drug-likeness (QED) is 0.879. The highest BCUT2D eigenvalue weighted by Crippen LogP contribution is 2.34. The van der Waals surface area contributed by atoms with Crippen molar-refractivity contribution in [2.24, 2.45) is 5.92 Å². The Morgan fingerprint density at radius 3 is 2.53 bits per heavy atom. The molecule has 0 spiro atoms. The minimum atomic E-state index is 0.564. The summed E-state index contributed by atoms with van der Waals surface area (Å²) in [4.78, 5) is 4.92. The average molecular weight is 261 g/mol. The van der Waals surface area contributed by atoms with E-state index in [2.05, 4.69) is 67.2 Å². The van der Waals surface area contributed by atoms with Gasteiger partial charge in [0.2, 0.25) is 0 Å². The van der Waals surface area contributed by atoms with Crippen LogP contribution < -0.4 is 15.1 Å². The average Bonchev–Trinajstić information content (AvgIpc) is 2.45. The Bertz CT molecular complexity index is 405. The molecule has 1 aromatic carbocycles. The largest absolute Gasteiger partial charge is 0.371 e. The zero-order valence-electron chi connectivity index (χ0n) is 12.7. The summed E-state index contributed by atoms with van der Waals surface area (Å²) in [5, 5.41) is 3.46. The van der Waals surface area contributed by atoms with Crippen LogP contribution in [0, 0.1) is 5.92 Å². The van der Waals surface area contributed by atoms with E-state index in [1.165, 1.54) is 11.4 Å². The predicted molar refractivity (Wildman–Crippen MR) is 84.2 cm³/mol. The zero-order chi connectivity index (χ0) is 13.8. The highest BCUT2D eigenvalue weighted by molar-refractivity contribution is 5.73. The fourth-order valence-electron chi connectivity index (χ4n) is 2.80. The number of para-hydroxylation sites is 2. The number of likely N-dealkylation sites (N-methyl/N-ethyl adjacent to an activating group) is 1. The Morgan fingerprint density at radius 2 is 1.84 bits per heavy atom. The molecule has 106 valence electrons. The summed E-state index contributed by atoms with van der Waals surface area (Å²) in [6.07, 6.45) is 0. The van der Waals surface area contributed by atoms with Gasteiger partial charge >= 0.3 is 0 Å². The molecule has 3 heteroatoms. The van der Waals surface area contributed by atoms with E-state index in [0.717, 1.165) is 26.2 Å². The number of hydrogen-bond donors (Lipinski definition) is 1. The summed E-state index contributed by atoms with van der Waals surface area (Å²) in [6.45, 7) is 11.2. The van der Waals surface area contributed by atoms with Crippen LogP contribution in [0.15, 0.2) is 24.3 Å². The molecule has 0 radical (unpaired) electrons. The number of rotatable bonds is 5. The first-order chi connectivity index (χ1) is 9.15. The number of hydrogen-bond acceptors (Lipinski definition) is 3. The first kappa shape index (κ1) is 14.2. The van der Waals surface area contributed by atoms with Crippen molar-refractivity contribution >= 4 is 11.4 Å². The van der Waals surface area contributed by atoms with Crippen molar-refractivity contribution in [3.8, 4) is 0 Å². The zero-order valence-corrected chi connectivity index (χ0v) is 12.7. The Balaban J connectivity index is 2.15. The summed E-state index contributed by atoms with van der Waals surface area (Å²) in [5.41, 5.74) is 2.74. The van der Waals surface area contributed by atoms with Crippen LogP contribution in [0.2, 0.25) is 0 Å². The first-order valence-corrected chi connectivity index (χ1v) is 7.42. The summed E-state index contributed by atoms with van der Waals surface area (Å²) in [7, 11) is 2.18. The number of benzene rings is 1. The molecular weight excluding hydrogens is 234 g/mol. The lowest BCUT2D eigenvalue weighted by atomic mass is 9.99. The van der Waals surface area contributed by atoms with Crippen molar-refractivity contribution in [3.05, 3.63) is 24.3 Å². The maximum Gasteiger partial charge on any atom is 0.0607 e. The van der Waals surface area contributed by atoms with Gasteiger partial charge < -0.3 is 15.1 Å². The lowest BCUT2D eigenvalue weighted by Gasteiger charge is -2.42. The fourth-order valence-corrected chi connectivity index (χ4v) is 2.80. The van der Waals surface area contributed by atoms with Gasteiger partial charge in [-0.2, -0.15) is 0 Å². The molecule has 0 amide bonds. The Hall–Kier alpha value is -1.22. The Labute approximate surface area is 117 Å². The van der Waals surface area contributed by atoms with Gasteiger partial charge in [0.25, 0.3) is 0 Å². The summed E-state index contributed by atoms with van der Waals surface area (Å²) in [5.74, 6) is 0.649. The van der Waals surface area contributed by atoms with E-state index in [4.69, 9.17) is 0 Å². The molecule has 0 aliphatic carbocycles. The second-order valence-corrected chi connectivity index (χ2v) is 5.63. The molecular formula is C16H27N3. The van der Waals surface area contributed by atoms with Gasteiger partial charge in [0.05, 0.1) is 11.4 Å². The topological polar surface area (TPSA) is 18.5 Å². The molecule has 0 saturated carbocycles. The van der Waals surface area contributed by atoms with E-state index < -0.39 is 0 Å². The van der Waals surface area contributed by atoms with Crippen LogP contribution in [0.25, 0.3) is 0 Å². The van der Waals surface area contributed by atoms with Crippen LogP contribution in [0.3, 0.4) is 0 Å². The molecule has 2 atom stereocenters. The molecule has 0 saturated heterocycles. The third-order valence-electron chi connectivity index (χ3n) is 4.31. The maximum absolute atomic E-state index is 3.46. The SMILES string of the molecule is CCNCC(C)C(C)N1CCN(C)c2ccccc21. The van der Waals surface area contributed by atoms with Crippen LogP contribution in [-0.4, -0.2) is 39.3 Å². The molecule has 1 N–H and O–H groups in total. The molecule has 0 fully saturated rings. The molecule has 2 rings (SSSR count). The molecule has 3 nitrogen and oxygen atoms in total. The Morgan fingerprint density at radius 1 is 1.16 bits per heavy atom. The minimum Gasteiger partial charge on any atom is -0.371 e. The first-order valence-electron chi connectivity index (χ1n) is 7.42. The molecule has 0 aromatic heterocycles. The van der Waals surface area contributed by atoms with E-state index in [9.17, 15) is 0 Å². The van der Waals surface area contributed by atoms with Gasteiger partial charge in [-0.3, -0.25) is 0 Å². The van der Waals surface area contributed by atoms with E-state index >= 15 is 0 Å². The van der Waals surface area contributed by atoms with Crippen LogP contribution in [-0.2, 0) is 0 Å². The number of anilines is 2. The molecule has 1 aliphatic heterocycles. The lowest BCUT2D eigenvalue weighted by molar-refractivity contribution is 0.423. The predicted octanol–water partition coefficient (Wildman–Crippen LogP) is 2.58. The number of nitrogens with zero attached hydrogens (tertiary/aromatic N) is 2. The molecule has 1 aromatic rings. The van der Waals surface area contributed by atoms with Crippen molar-refractivity contribution in [1.82, 2.24) is 5.32 Å². The molecule has 19 heavy (non-hydrogen) atoms. The van der Waals surface area contributed by atoms with Gasteiger partial charge in [-0.1, -0.05) is 26.0 Å². The van der Waals surface area contributed by atoms with Crippen molar-refractivity contribution in [2.75, 3.05) is 43.0 Å². The van der Waals surface area contributed by atoms with Gasteiger partial charge in [0, 0.05) is 26.2 Å². The highest BCUT2D eigenvalue weighted by atomic mass is 15.3. The highest BCUT2D eigenvalue weighted by Gasteiger charge is 2.26. The minimum absolute atomic E-state index is 0.564. The fraction of sp³-hybridized carbons (Fsp3) is 0.625. The lowest BCUT2D eigenvalue weighted by Crippen LogP contribution is -2.47. The van der Waals surface area contributed by atoms with Crippen molar-refractivity contribution in [2.45, 2.75) is 26.8 Å². The van der Waals surface area contributed by atoms with Crippen LogP contribution in [0.4, 0.5) is 11.4 Å². The van der Waals surface area contributed by atoms with E-state index in [1.54, 1.807) is 0 Å². The monoisotopic (exact) mass is 261 g/mol. The van der Waals surface area contributed by atoms with Gasteiger partial charge in [0.1, 0.15) is 0 Å². The van der Waals surface area contributed by atoms with Crippen molar-refractivity contribution in [1.29, 1.82) is 0 Å².